The van der Waals surface area contributed by atoms with Gasteiger partial charge in [-0.2, -0.15) is 0 Å². The van der Waals surface area contributed by atoms with Gasteiger partial charge in [-0.3, -0.25) is 9.59 Å². The lowest BCUT2D eigenvalue weighted by atomic mass is 10.0. The van der Waals surface area contributed by atoms with Crippen LogP contribution in [0, 0.1) is 0 Å². The van der Waals surface area contributed by atoms with Gasteiger partial charge in [0.25, 0.3) is 0 Å². The van der Waals surface area contributed by atoms with Crippen LogP contribution in [0.2, 0.25) is 0 Å². The van der Waals surface area contributed by atoms with E-state index >= 15 is 0 Å². The van der Waals surface area contributed by atoms with E-state index in [9.17, 15) is 9.59 Å². The summed E-state index contributed by atoms with van der Waals surface area (Å²) < 4.78 is 0. The van der Waals surface area contributed by atoms with Crippen LogP contribution >= 0.6 is 0 Å². The molecule has 0 bridgehead atoms. The first-order valence-corrected chi connectivity index (χ1v) is 7.36. The molecular formula is C17H21N3O2. The van der Waals surface area contributed by atoms with Gasteiger partial charge in [-0.15, -0.1) is 0 Å². The van der Waals surface area contributed by atoms with E-state index in [1.807, 2.05) is 18.2 Å². The van der Waals surface area contributed by atoms with Crippen molar-refractivity contribution in [3.05, 3.63) is 48.0 Å². The largest absolute Gasteiger partial charge is 0.370 e. The summed E-state index contributed by atoms with van der Waals surface area (Å²) in [7, 11) is 0. The van der Waals surface area contributed by atoms with E-state index < -0.39 is 11.9 Å². The van der Waals surface area contributed by atoms with E-state index in [-0.39, 0.29) is 12.3 Å². The molecule has 0 radical (unpaired) electrons. The normalized spacial score (nSPS) is 12.0. The first-order valence-electron chi connectivity index (χ1n) is 7.36. The quantitative estimate of drug-likeness (QED) is 0.667. The van der Waals surface area contributed by atoms with Gasteiger partial charge < -0.3 is 16.8 Å². The molecule has 5 nitrogen and oxygen atoms in total. The first kappa shape index (κ1) is 16.0. The highest BCUT2D eigenvalue weighted by Crippen LogP contribution is 2.19. The topological polar surface area (TPSA) is 98.2 Å². The van der Waals surface area contributed by atoms with Crippen molar-refractivity contribution in [2.75, 3.05) is 6.54 Å². The summed E-state index contributed by atoms with van der Waals surface area (Å²) in [4.78, 5) is 22.4. The summed E-state index contributed by atoms with van der Waals surface area (Å²) in [6.45, 7) is 0.522. The summed E-state index contributed by atoms with van der Waals surface area (Å²) >= 11 is 0. The van der Waals surface area contributed by atoms with Gasteiger partial charge in [0, 0.05) is 6.54 Å². The molecule has 0 aliphatic rings. The van der Waals surface area contributed by atoms with Crippen LogP contribution in [-0.2, 0) is 16.0 Å². The van der Waals surface area contributed by atoms with Crippen molar-refractivity contribution in [3.8, 4) is 0 Å². The van der Waals surface area contributed by atoms with Crippen molar-refractivity contribution in [1.82, 2.24) is 5.32 Å². The number of amides is 2. The molecule has 2 aromatic rings. The second-order valence-corrected chi connectivity index (χ2v) is 5.31. The van der Waals surface area contributed by atoms with Gasteiger partial charge in [0.15, 0.2) is 0 Å². The fraction of sp³-hybridized carbons (Fsp3) is 0.294. The lowest BCUT2D eigenvalue weighted by Gasteiger charge is -2.11. The summed E-state index contributed by atoms with van der Waals surface area (Å²) in [5.41, 5.74) is 11.8. The Morgan fingerprint density at radius 2 is 1.82 bits per heavy atom. The lowest BCUT2D eigenvalue weighted by molar-refractivity contribution is -0.126. The Morgan fingerprint density at radius 3 is 2.59 bits per heavy atom. The molecule has 1 atom stereocenters. The highest BCUT2D eigenvalue weighted by molar-refractivity contribution is 5.87. The van der Waals surface area contributed by atoms with E-state index in [0.29, 0.717) is 6.54 Å². The third-order valence-corrected chi connectivity index (χ3v) is 3.56. The molecule has 2 aromatic carbocycles. The third kappa shape index (κ3) is 4.30. The number of nitrogens with two attached hydrogens (primary N) is 2. The molecule has 116 valence electrons. The van der Waals surface area contributed by atoms with E-state index in [1.165, 1.54) is 16.3 Å². The maximum absolute atomic E-state index is 11.7. The molecule has 0 saturated carbocycles. The molecule has 0 aromatic heterocycles. The minimum absolute atomic E-state index is 0.130. The molecule has 0 aliphatic carbocycles. The fourth-order valence-corrected chi connectivity index (χ4v) is 2.44. The van der Waals surface area contributed by atoms with Crippen LogP contribution in [0.15, 0.2) is 42.5 Å². The minimum atomic E-state index is -0.866. The predicted molar refractivity (Wildman–Crippen MR) is 87.1 cm³/mol. The molecule has 0 saturated heterocycles. The number of benzene rings is 2. The Hall–Kier alpha value is -2.40. The summed E-state index contributed by atoms with van der Waals surface area (Å²) in [5, 5.41) is 5.19. The van der Waals surface area contributed by atoms with Gasteiger partial charge in [-0.05, 0) is 29.2 Å². The van der Waals surface area contributed by atoms with Crippen LogP contribution in [0.5, 0.6) is 0 Å². The van der Waals surface area contributed by atoms with Crippen molar-refractivity contribution < 1.29 is 9.59 Å². The molecular weight excluding hydrogens is 278 g/mol. The number of aryl methyl sites for hydroxylation is 1. The first-order chi connectivity index (χ1) is 10.6. The van der Waals surface area contributed by atoms with Crippen molar-refractivity contribution in [2.45, 2.75) is 25.3 Å². The third-order valence-electron chi connectivity index (χ3n) is 3.56. The zero-order valence-electron chi connectivity index (χ0n) is 12.4. The van der Waals surface area contributed by atoms with Gasteiger partial charge in [0.1, 0.15) is 0 Å². The smallest absolute Gasteiger partial charge is 0.237 e. The Labute approximate surface area is 129 Å². The van der Waals surface area contributed by atoms with Gasteiger partial charge in [0.05, 0.1) is 12.5 Å². The zero-order chi connectivity index (χ0) is 15.9. The van der Waals surface area contributed by atoms with E-state index in [2.05, 4.69) is 29.6 Å². The average molecular weight is 299 g/mol. The summed E-state index contributed by atoms with van der Waals surface area (Å²) in [6.07, 6.45) is 1.55. The van der Waals surface area contributed by atoms with Crippen LogP contribution in [0.4, 0.5) is 0 Å². The molecule has 2 amide bonds. The maximum atomic E-state index is 11.7. The Kier molecular flexibility index (Phi) is 5.49. The maximum Gasteiger partial charge on any atom is 0.237 e. The number of hydrogen-bond donors (Lipinski definition) is 3. The highest BCUT2D eigenvalue weighted by atomic mass is 16.2. The monoisotopic (exact) mass is 299 g/mol. The summed E-state index contributed by atoms with van der Waals surface area (Å²) in [5.74, 6) is -0.907. The number of nitrogens with one attached hydrogen (secondary N) is 1. The van der Waals surface area contributed by atoms with Gasteiger partial charge in [0.2, 0.25) is 11.8 Å². The van der Waals surface area contributed by atoms with Crippen molar-refractivity contribution in [1.29, 1.82) is 0 Å². The number of fused-ring (bicyclic) bond motifs is 1. The van der Waals surface area contributed by atoms with E-state index in [4.69, 9.17) is 11.5 Å². The lowest BCUT2D eigenvalue weighted by Crippen LogP contribution is -2.43. The number of hydrogen-bond acceptors (Lipinski definition) is 3. The van der Waals surface area contributed by atoms with Gasteiger partial charge >= 0.3 is 0 Å². The van der Waals surface area contributed by atoms with Gasteiger partial charge in [-0.25, -0.2) is 0 Å². The molecule has 0 heterocycles. The molecule has 0 fully saturated rings. The fourth-order valence-electron chi connectivity index (χ4n) is 2.44. The van der Waals surface area contributed by atoms with Crippen molar-refractivity contribution in [3.63, 3.8) is 0 Å². The SMILES string of the molecule is NC(=O)C[C@H](N)C(=O)NCCCc1cccc2ccccc12. The second kappa shape index (κ2) is 7.56. The molecule has 22 heavy (non-hydrogen) atoms. The molecule has 5 heteroatoms. The molecule has 2 rings (SSSR count). The molecule has 0 spiro atoms. The van der Waals surface area contributed by atoms with Crippen LogP contribution < -0.4 is 16.8 Å². The molecule has 5 N–H and O–H groups in total. The molecule has 0 unspecified atom stereocenters. The second-order valence-electron chi connectivity index (χ2n) is 5.31. The Balaban J connectivity index is 1.83. The standard InChI is InChI=1S/C17H21N3O2/c18-15(11-16(19)21)17(22)20-10-4-8-13-7-3-6-12-5-1-2-9-14(12)13/h1-3,5-7,9,15H,4,8,10-11,18H2,(H2,19,21)(H,20,22)/t15-/m0/s1. The number of carbonyl (C=O) groups excluding carboxylic acids is 2. The van der Waals surface area contributed by atoms with Crippen LogP contribution in [0.1, 0.15) is 18.4 Å². The summed E-state index contributed by atoms with van der Waals surface area (Å²) in [6, 6.07) is 13.6. The van der Waals surface area contributed by atoms with E-state index in [0.717, 1.165) is 12.8 Å². The van der Waals surface area contributed by atoms with Crippen LogP contribution in [0.3, 0.4) is 0 Å². The predicted octanol–water partition coefficient (Wildman–Crippen LogP) is 1.09. The highest BCUT2D eigenvalue weighted by Gasteiger charge is 2.15. The Bertz CT molecular complexity index is 665. The Morgan fingerprint density at radius 1 is 1.09 bits per heavy atom. The number of primary amides is 1. The number of carbonyl (C=O) groups is 2. The van der Waals surface area contributed by atoms with Gasteiger partial charge in [-0.1, -0.05) is 42.5 Å². The zero-order valence-corrected chi connectivity index (χ0v) is 12.4. The van der Waals surface area contributed by atoms with Crippen molar-refractivity contribution in [2.24, 2.45) is 11.5 Å². The van der Waals surface area contributed by atoms with Crippen LogP contribution in [-0.4, -0.2) is 24.4 Å². The van der Waals surface area contributed by atoms with Crippen LogP contribution in [0.25, 0.3) is 10.8 Å². The van der Waals surface area contributed by atoms with E-state index in [1.54, 1.807) is 0 Å². The number of rotatable bonds is 7. The average Bonchev–Trinajstić information content (AvgIpc) is 2.50. The van der Waals surface area contributed by atoms with Crippen molar-refractivity contribution >= 4 is 22.6 Å². The molecule has 0 aliphatic heterocycles. The minimum Gasteiger partial charge on any atom is -0.370 e.